The topological polar surface area (TPSA) is 85.8 Å². The number of carboxylic acids is 1. The maximum Gasteiger partial charge on any atom is 0.346 e. The summed E-state index contributed by atoms with van der Waals surface area (Å²) in [5.74, 6) is -1.24. The monoisotopic (exact) mass is 289 g/mol. The number of hydrogen-bond donors (Lipinski definition) is 1. The van der Waals surface area contributed by atoms with Gasteiger partial charge in [-0.2, -0.15) is 5.26 Å². The molecule has 5 nitrogen and oxygen atoms in total. The smallest absolute Gasteiger partial charge is 0.346 e. The molecular weight excluding hydrogens is 282 g/mol. The van der Waals surface area contributed by atoms with Gasteiger partial charge in [0.25, 0.3) is 0 Å². The largest absolute Gasteiger partial charge is 0.477 e. The molecule has 0 aliphatic rings. The van der Waals surface area contributed by atoms with Crippen LogP contribution in [0.1, 0.15) is 5.56 Å². The molecule has 0 aliphatic heterocycles. The first-order valence-electron chi connectivity index (χ1n) is 5.08. The van der Waals surface area contributed by atoms with Crippen molar-refractivity contribution in [1.82, 2.24) is 0 Å². The first kappa shape index (κ1) is 13.1. The van der Waals surface area contributed by atoms with Gasteiger partial charge in [-0.25, -0.2) is 4.79 Å². The molecule has 0 amide bonds. The molecule has 0 spiro atoms. The lowest BCUT2D eigenvalue weighted by Gasteiger charge is -1.87. The lowest BCUT2D eigenvalue weighted by atomic mass is 10.2. The summed E-state index contributed by atoms with van der Waals surface area (Å²) in [6.45, 7) is 0. The predicted molar refractivity (Wildman–Crippen MR) is 74.0 cm³/mol. The van der Waals surface area contributed by atoms with Gasteiger partial charge < -0.3 is 5.11 Å². The zero-order valence-corrected chi connectivity index (χ0v) is 11.1. The summed E-state index contributed by atoms with van der Waals surface area (Å²) in [5, 5.41) is 30.6. The Morgan fingerprint density at radius 2 is 2.16 bits per heavy atom. The van der Waals surface area contributed by atoms with E-state index >= 15 is 0 Å². The van der Waals surface area contributed by atoms with Crippen LogP contribution >= 0.6 is 22.7 Å². The summed E-state index contributed by atoms with van der Waals surface area (Å²) in [6, 6.07) is 7.04. The summed E-state index contributed by atoms with van der Waals surface area (Å²) in [5.41, 5.74) is 0.323. The summed E-state index contributed by atoms with van der Waals surface area (Å²) < 4.78 is 0. The van der Waals surface area contributed by atoms with Crippen LogP contribution in [0.5, 0.6) is 0 Å². The van der Waals surface area contributed by atoms with Crippen LogP contribution in [0.15, 0.2) is 44.8 Å². The van der Waals surface area contributed by atoms with Crippen molar-refractivity contribution in [3.63, 3.8) is 0 Å². The number of azo groups is 1. The SMILES string of the molecule is N#CC(=Cc1csc(N=Nc2cccs2)c1)C(=O)O. The molecule has 0 unspecified atom stereocenters. The Morgan fingerprint density at radius 3 is 2.79 bits per heavy atom. The minimum absolute atomic E-state index is 0.306. The second kappa shape index (κ2) is 6.04. The quantitative estimate of drug-likeness (QED) is 0.519. The van der Waals surface area contributed by atoms with E-state index in [0.717, 1.165) is 5.00 Å². The van der Waals surface area contributed by atoms with Crippen LogP contribution in [-0.2, 0) is 4.79 Å². The third kappa shape index (κ3) is 3.58. The maximum atomic E-state index is 10.7. The predicted octanol–water partition coefficient (Wildman–Crippen LogP) is 4.22. The first-order chi connectivity index (χ1) is 9.19. The minimum atomic E-state index is -1.24. The maximum absolute atomic E-state index is 10.7. The van der Waals surface area contributed by atoms with Crippen molar-refractivity contribution in [2.75, 3.05) is 0 Å². The molecule has 1 N–H and O–H groups in total. The van der Waals surface area contributed by atoms with E-state index in [0.29, 0.717) is 10.6 Å². The molecule has 0 bridgehead atoms. The summed E-state index contributed by atoms with van der Waals surface area (Å²) >= 11 is 2.81. The Labute approximate surface area is 116 Å². The molecule has 0 atom stereocenters. The third-order valence-electron chi connectivity index (χ3n) is 2.02. The van der Waals surface area contributed by atoms with E-state index in [9.17, 15) is 4.79 Å². The number of carbonyl (C=O) groups is 1. The van der Waals surface area contributed by atoms with E-state index in [1.807, 2.05) is 17.5 Å². The highest BCUT2D eigenvalue weighted by atomic mass is 32.1. The second-order valence-corrected chi connectivity index (χ2v) is 5.16. The van der Waals surface area contributed by atoms with Crippen LogP contribution in [0, 0.1) is 11.3 Å². The average molecular weight is 289 g/mol. The number of nitrogens with zero attached hydrogens (tertiary/aromatic N) is 3. The van der Waals surface area contributed by atoms with Gasteiger partial charge in [0.1, 0.15) is 21.6 Å². The highest BCUT2D eigenvalue weighted by molar-refractivity contribution is 7.14. The average Bonchev–Trinajstić information content (AvgIpc) is 3.04. The Kier molecular flexibility index (Phi) is 4.18. The van der Waals surface area contributed by atoms with Gasteiger partial charge in [-0.05, 0) is 35.2 Å². The fraction of sp³-hybridized carbons (Fsp3) is 0. The minimum Gasteiger partial charge on any atom is -0.477 e. The summed E-state index contributed by atoms with van der Waals surface area (Å²) in [7, 11) is 0. The Bertz CT molecular complexity index is 678. The van der Waals surface area contributed by atoms with Crippen LogP contribution in [0.25, 0.3) is 6.08 Å². The normalized spacial score (nSPS) is 11.6. The fourth-order valence-electron chi connectivity index (χ4n) is 1.20. The number of aliphatic carboxylic acids is 1. The van der Waals surface area contributed by atoms with E-state index in [2.05, 4.69) is 10.2 Å². The van der Waals surface area contributed by atoms with Gasteiger partial charge in [-0.1, -0.05) is 0 Å². The molecule has 0 aromatic carbocycles. The van der Waals surface area contributed by atoms with Crippen LogP contribution < -0.4 is 0 Å². The Balaban J connectivity index is 2.16. The molecule has 0 saturated carbocycles. The molecule has 2 aromatic rings. The summed E-state index contributed by atoms with van der Waals surface area (Å²) in [6.07, 6.45) is 1.31. The van der Waals surface area contributed by atoms with Gasteiger partial charge in [-0.3, -0.25) is 0 Å². The molecule has 0 fully saturated rings. The molecule has 0 radical (unpaired) electrons. The van der Waals surface area contributed by atoms with Gasteiger partial charge in [-0.15, -0.1) is 32.9 Å². The lowest BCUT2D eigenvalue weighted by molar-refractivity contribution is -0.132. The van der Waals surface area contributed by atoms with Crippen LogP contribution in [0.2, 0.25) is 0 Å². The number of thiophene rings is 2. The van der Waals surface area contributed by atoms with Crippen LogP contribution in [-0.4, -0.2) is 11.1 Å². The van der Waals surface area contributed by atoms with Crippen molar-refractivity contribution in [3.05, 3.63) is 40.1 Å². The van der Waals surface area contributed by atoms with Crippen molar-refractivity contribution < 1.29 is 9.90 Å². The first-order valence-corrected chi connectivity index (χ1v) is 6.84. The number of hydrogen-bond acceptors (Lipinski definition) is 6. The van der Waals surface area contributed by atoms with Crippen LogP contribution in [0.3, 0.4) is 0 Å². The third-order valence-corrected chi connectivity index (χ3v) is 3.60. The van der Waals surface area contributed by atoms with Gasteiger partial charge >= 0.3 is 5.97 Å². The molecule has 2 heterocycles. The van der Waals surface area contributed by atoms with E-state index in [-0.39, 0.29) is 5.57 Å². The number of carboxylic acid groups (broad SMARTS) is 1. The molecule has 19 heavy (non-hydrogen) atoms. The standard InChI is InChI=1S/C12H7N3O2S2/c13-6-9(12(16)17)4-8-5-11(19-7-8)15-14-10-2-1-3-18-10/h1-5,7H,(H,16,17). The van der Waals surface area contributed by atoms with Crippen molar-refractivity contribution in [1.29, 1.82) is 5.26 Å². The molecular formula is C12H7N3O2S2. The van der Waals surface area contributed by atoms with Crippen molar-refractivity contribution in [2.24, 2.45) is 10.2 Å². The van der Waals surface area contributed by atoms with Crippen molar-refractivity contribution in [2.45, 2.75) is 0 Å². The van der Waals surface area contributed by atoms with Gasteiger partial charge in [0.15, 0.2) is 0 Å². The summed E-state index contributed by atoms with van der Waals surface area (Å²) in [4.78, 5) is 10.7. The van der Waals surface area contributed by atoms with Gasteiger partial charge in [0, 0.05) is 5.38 Å². The molecule has 2 aromatic heterocycles. The van der Waals surface area contributed by atoms with Crippen molar-refractivity contribution >= 4 is 44.7 Å². The van der Waals surface area contributed by atoms with E-state index in [1.165, 1.54) is 28.7 Å². The molecule has 7 heteroatoms. The second-order valence-electron chi connectivity index (χ2n) is 3.34. The van der Waals surface area contributed by atoms with Gasteiger partial charge in [0.05, 0.1) is 0 Å². The molecule has 94 valence electrons. The molecule has 0 aliphatic carbocycles. The number of nitriles is 1. The van der Waals surface area contributed by atoms with Gasteiger partial charge in [0.2, 0.25) is 0 Å². The zero-order valence-electron chi connectivity index (χ0n) is 9.48. The fourth-order valence-corrected chi connectivity index (χ4v) is 2.43. The highest BCUT2D eigenvalue weighted by Crippen LogP contribution is 2.28. The van der Waals surface area contributed by atoms with Crippen LogP contribution in [0.4, 0.5) is 10.0 Å². The van der Waals surface area contributed by atoms with E-state index in [4.69, 9.17) is 10.4 Å². The lowest BCUT2D eigenvalue weighted by Crippen LogP contribution is -1.96. The Hall–Kier alpha value is -2.30. The van der Waals surface area contributed by atoms with E-state index in [1.54, 1.807) is 17.5 Å². The molecule has 0 saturated heterocycles. The molecule has 2 rings (SSSR count). The Morgan fingerprint density at radius 1 is 1.37 bits per heavy atom. The van der Waals surface area contributed by atoms with Crippen molar-refractivity contribution in [3.8, 4) is 6.07 Å². The zero-order chi connectivity index (χ0) is 13.7. The highest BCUT2D eigenvalue weighted by Gasteiger charge is 2.06. The van der Waals surface area contributed by atoms with E-state index < -0.39 is 5.97 Å². The number of rotatable bonds is 4.